The monoisotopic (exact) mass is 211 g/mol. The van der Waals surface area contributed by atoms with Gasteiger partial charge in [-0.2, -0.15) is 0 Å². The van der Waals surface area contributed by atoms with Gasteiger partial charge in [-0.1, -0.05) is 0 Å². The van der Waals surface area contributed by atoms with Crippen LogP contribution in [0.5, 0.6) is 0 Å². The Hall–Kier alpha value is -1.03. The zero-order valence-electron chi connectivity index (χ0n) is 8.87. The van der Waals surface area contributed by atoms with E-state index >= 15 is 0 Å². The number of aliphatic imine (C=N–C) groups is 1. The van der Waals surface area contributed by atoms with Crippen LogP contribution in [0.1, 0.15) is 24.3 Å². The molecule has 0 spiro atoms. The Kier molecular flexibility index (Phi) is 3.95. The smallest absolute Gasteiger partial charge is 0.189 e. The van der Waals surface area contributed by atoms with Gasteiger partial charge in [-0.15, -0.1) is 11.3 Å². The van der Waals surface area contributed by atoms with Crippen LogP contribution in [0.25, 0.3) is 0 Å². The minimum absolute atomic E-state index is 0.337. The summed E-state index contributed by atoms with van der Waals surface area (Å²) in [7, 11) is 0. The van der Waals surface area contributed by atoms with E-state index < -0.39 is 0 Å². The minimum Gasteiger partial charge on any atom is -0.370 e. The van der Waals surface area contributed by atoms with E-state index in [2.05, 4.69) is 28.7 Å². The summed E-state index contributed by atoms with van der Waals surface area (Å²) in [6.45, 7) is 6.83. The second kappa shape index (κ2) is 5.00. The van der Waals surface area contributed by atoms with E-state index in [4.69, 9.17) is 5.73 Å². The zero-order chi connectivity index (χ0) is 10.6. The number of aryl methyl sites for hydroxylation is 1. The number of rotatable bonds is 3. The van der Waals surface area contributed by atoms with Crippen molar-refractivity contribution in [2.75, 3.05) is 0 Å². The van der Waals surface area contributed by atoms with E-state index in [0.29, 0.717) is 18.5 Å². The fraction of sp³-hybridized carbons (Fsp3) is 0.500. The number of hydrogen-bond donors (Lipinski definition) is 2. The molecule has 78 valence electrons. The van der Waals surface area contributed by atoms with E-state index in [1.807, 2.05) is 13.8 Å². The lowest BCUT2D eigenvalue weighted by molar-refractivity contribution is 0.724. The summed E-state index contributed by atoms with van der Waals surface area (Å²) in [5, 5.41) is 5.17. The molecule has 14 heavy (non-hydrogen) atoms. The molecule has 0 aliphatic rings. The molecule has 4 heteroatoms. The normalized spacial score (nSPS) is 12.1. The predicted octanol–water partition coefficient (Wildman–Crippen LogP) is 1.87. The fourth-order valence-corrected chi connectivity index (χ4v) is 1.88. The van der Waals surface area contributed by atoms with E-state index in [1.165, 1.54) is 10.4 Å². The Morgan fingerprint density at radius 3 is 2.86 bits per heavy atom. The van der Waals surface area contributed by atoms with Crippen molar-refractivity contribution in [1.82, 2.24) is 5.32 Å². The van der Waals surface area contributed by atoms with Crippen LogP contribution in [0.4, 0.5) is 0 Å². The lowest BCUT2D eigenvalue weighted by atomic mass is 10.3. The molecule has 0 aliphatic heterocycles. The number of nitrogens with one attached hydrogen (secondary N) is 1. The van der Waals surface area contributed by atoms with Crippen LogP contribution in [-0.4, -0.2) is 12.0 Å². The van der Waals surface area contributed by atoms with Gasteiger partial charge in [0.15, 0.2) is 5.96 Å². The molecule has 3 nitrogen and oxygen atoms in total. The van der Waals surface area contributed by atoms with Gasteiger partial charge in [0.05, 0.1) is 6.54 Å². The van der Waals surface area contributed by atoms with Crippen LogP contribution >= 0.6 is 11.3 Å². The van der Waals surface area contributed by atoms with Crippen molar-refractivity contribution in [2.45, 2.75) is 33.4 Å². The molecule has 0 fully saturated rings. The second-order valence-corrected chi connectivity index (χ2v) is 4.59. The van der Waals surface area contributed by atoms with Crippen LogP contribution < -0.4 is 11.1 Å². The first-order valence-corrected chi connectivity index (χ1v) is 5.56. The highest BCUT2D eigenvalue weighted by molar-refractivity contribution is 7.10. The molecule has 0 amide bonds. The summed E-state index contributed by atoms with van der Waals surface area (Å²) in [5.41, 5.74) is 6.96. The molecule has 0 aromatic carbocycles. The lowest BCUT2D eigenvalue weighted by Crippen LogP contribution is -2.36. The number of guanidine groups is 1. The topological polar surface area (TPSA) is 50.4 Å². The largest absolute Gasteiger partial charge is 0.370 e. The quantitative estimate of drug-likeness (QED) is 0.592. The average molecular weight is 211 g/mol. The Morgan fingerprint density at radius 1 is 1.64 bits per heavy atom. The average Bonchev–Trinajstić information content (AvgIpc) is 2.47. The molecule has 0 radical (unpaired) electrons. The molecule has 0 unspecified atom stereocenters. The van der Waals surface area contributed by atoms with Crippen molar-refractivity contribution < 1.29 is 0 Å². The van der Waals surface area contributed by atoms with Gasteiger partial charge in [0, 0.05) is 10.9 Å². The number of nitrogens with two attached hydrogens (primary N) is 1. The molecule has 0 bridgehead atoms. The first-order valence-electron chi connectivity index (χ1n) is 4.68. The molecular formula is C10H17N3S. The zero-order valence-corrected chi connectivity index (χ0v) is 9.69. The van der Waals surface area contributed by atoms with E-state index in [-0.39, 0.29) is 0 Å². The highest BCUT2D eigenvalue weighted by Crippen LogP contribution is 2.14. The van der Waals surface area contributed by atoms with Gasteiger partial charge in [0.1, 0.15) is 0 Å². The molecule has 0 saturated heterocycles. The van der Waals surface area contributed by atoms with Gasteiger partial charge < -0.3 is 11.1 Å². The third-order valence-corrected chi connectivity index (χ3v) is 2.67. The lowest BCUT2D eigenvalue weighted by Gasteiger charge is -2.07. The van der Waals surface area contributed by atoms with Crippen molar-refractivity contribution in [3.8, 4) is 0 Å². The molecule has 1 aromatic heterocycles. The Bertz CT molecular complexity index is 315. The number of nitrogens with zero attached hydrogens (tertiary/aromatic N) is 1. The number of thiophene rings is 1. The van der Waals surface area contributed by atoms with Crippen molar-refractivity contribution in [2.24, 2.45) is 10.7 Å². The SMILES string of the molecule is Cc1csc(CN=C(N)NC(C)C)c1. The van der Waals surface area contributed by atoms with Crippen LogP contribution in [0.2, 0.25) is 0 Å². The highest BCUT2D eigenvalue weighted by atomic mass is 32.1. The molecule has 1 rings (SSSR count). The van der Waals surface area contributed by atoms with Gasteiger partial charge in [0.2, 0.25) is 0 Å². The molecule has 1 heterocycles. The van der Waals surface area contributed by atoms with Gasteiger partial charge in [-0.3, -0.25) is 0 Å². The predicted molar refractivity (Wildman–Crippen MR) is 62.7 cm³/mol. The third kappa shape index (κ3) is 3.79. The van der Waals surface area contributed by atoms with E-state index in [1.54, 1.807) is 11.3 Å². The van der Waals surface area contributed by atoms with Gasteiger partial charge in [-0.05, 0) is 37.8 Å². The molecule has 1 aromatic rings. The minimum atomic E-state index is 0.337. The maximum absolute atomic E-state index is 5.67. The summed E-state index contributed by atoms with van der Waals surface area (Å²) in [6, 6.07) is 2.47. The summed E-state index contributed by atoms with van der Waals surface area (Å²) in [5.74, 6) is 0.519. The third-order valence-electron chi connectivity index (χ3n) is 1.63. The Labute approximate surface area is 89.0 Å². The van der Waals surface area contributed by atoms with Crippen molar-refractivity contribution >= 4 is 17.3 Å². The van der Waals surface area contributed by atoms with Gasteiger partial charge in [0.25, 0.3) is 0 Å². The van der Waals surface area contributed by atoms with Crippen LogP contribution in [0, 0.1) is 6.92 Å². The van der Waals surface area contributed by atoms with Crippen LogP contribution in [-0.2, 0) is 6.54 Å². The van der Waals surface area contributed by atoms with E-state index in [0.717, 1.165) is 0 Å². The molecule has 0 atom stereocenters. The first kappa shape index (κ1) is 11.0. The summed E-state index contributed by atoms with van der Waals surface area (Å²) in [6.07, 6.45) is 0. The van der Waals surface area contributed by atoms with Gasteiger partial charge >= 0.3 is 0 Å². The fourth-order valence-electron chi connectivity index (χ4n) is 1.08. The maximum atomic E-state index is 5.67. The molecular weight excluding hydrogens is 194 g/mol. The van der Waals surface area contributed by atoms with Gasteiger partial charge in [-0.25, -0.2) is 4.99 Å². The molecule has 3 N–H and O–H groups in total. The van der Waals surface area contributed by atoms with Crippen LogP contribution in [0.3, 0.4) is 0 Å². The summed E-state index contributed by atoms with van der Waals surface area (Å²) >= 11 is 1.72. The van der Waals surface area contributed by atoms with E-state index in [9.17, 15) is 0 Å². The second-order valence-electron chi connectivity index (χ2n) is 3.59. The maximum Gasteiger partial charge on any atom is 0.189 e. The van der Waals surface area contributed by atoms with Crippen molar-refractivity contribution in [3.05, 3.63) is 21.9 Å². The molecule has 0 aliphatic carbocycles. The van der Waals surface area contributed by atoms with Crippen molar-refractivity contribution in [1.29, 1.82) is 0 Å². The molecule has 0 saturated carbocycles. The summed E-state index contributed by atoms with van der Waals surface area (Å²) in [4.78, 5) is 5.49. The highest BCUT2D eigenvalue weighted by Gasteiger charge is 1.97. The Morgan fingerprint density at radius 2 is 2.36 bits per heavy atom. The number of hydrogen-bond acceptors (Lipinski definition) is 2. The standard InChI is InChI=1S/C10H17N3S/c1-7(2)13-10(11)12-5-9-4-8(3)6-14-9/h4,6-7H,5H2,1-3H3,(H3,11,12,13). The summed E-state index contributed by atoms with van der Waals surface area (Å²) < 4.78 is 0. The first-order chi connectivity index (χ1) is 6.58. The van der Waals surface area contributed by atoms with Crippen LogP contribution in [0.15, 0.2) is 16.4 Å². The van der Waals surface area contributed by atoms with Crippen molar-refractivity contribution in [3.63, 3.8) is 0 Å². The Balaban J connectivity index is 2.46.